The Balaban J connectivity index is 2.29. The van der Waals surface area contributed by atoms with Crippen molar-refractivity contribution in [1.82, 2.24) is 9.97 Å². The number of anilines is 1. The van der Waals surface area contributed by atoms with Crippen LogP contribution in [0.4, 0.5) is 14.6 Å². The van der Waals surface area contributed by atoms with Gasteiger partial charge in [0.1, 0.15) is 17.5 Å². The van der Waals surface area contributed by atoms with Crippen molar-refractivity contribution in [1.29, 1.82) is 0 Å². The predicted octanol–water partition coefficient (Wildman–Crippen LogP) is 3.16. The SMILES string of the molecule is Nc1nc(-c2ccccc2F)nc2cc(F)ccc12. The molecule has 1 heterocycles. The van der Waals surface area contributed by atoms with Crippen LogP contribution in [0.1, 0.15) is 0 Å². The van der Waals surface area contributed by atoms with Gasteiger partial charge in [0.2, 0.25) is 0 Å². The van der Waals surface area contributed by atoms with Crippen molar-refractivity contribution in [3.8, 4) is 11.4 Å². The number of nitrogens with zero attached hydrogens (tertiary/aromatic N) is 2. The fourth-order valence-electron chi connectivity index (χ4n) is 1.89. The maximum Gasteiger partial charge on any atom is 0.165 e. The van der Waals surface area contributed by atoms with E-state index in [4.69, 9.17) is 5.73 Å². The maximum atomic E-state index is 13.7. The van der Waals surface area contributed by atoms with Crippen LogP contribution in [0.15, 0.2) is 42.5 Å². The van der Waals surface area contributed by atoms with Crippen molar-refractivity contribution in [2.24, 2.45) is 0 Å². The lowest BCUT2D eigenvalue weighted by molar-refractivity contribution is 0.629. The normalized spacial score (nSPS) is 10.8. The van der Waals surface area contributed by atoms with Gasteiger partial charge in [-0.05, 0) is 24.3 Å². The van der Waals surface area contributed by atoms with Gasteiger partial charge in [0.05, 0.1) is 11.1 Å². The summed E-state index contributed by atoms with van der Waals surface area (Å²) in [6, 6.07) is 10.1. The molecule has 0 aliphatic rings. The number of fused-ring (bicyclic) bond motifs is 1. The van der Waals surface area contributed by atoms with E-state index in [0.717, 1.165) is 0 Å². The zero-order chi connectivity index (χ0) is 13.4. The standard InChI is InChI=1S/C14H9F2N3/c15-8-5-6-10-12(7-8)18-14(19-13(10)17)9-3-1-2-4-11(9)16/h1-7H,(H2,17,18,19). The Morgan fingerprint density at radius 3 is 2.53 bits per heavy atom. The molecule has 19 heavy (non-hydrogen) atoms. The summed E-state index contributed by atoms with van der Waals surface area (Å²) in [4.78, 5) is 8.22. The first-order chi connectivity index (χ1) is 9.15. The number of rotatable bonds is 1. The number of aromatic nitrogens is 2. The molecule has 5 heteroatoms. The fourth-order valence-corrected chi connectivity index (χ4v) is 1.89. The van der Waals surface area contributed by atoms with Crippen LogP contribution in [0, 0.1) is 11.6 Å². The molecular weight excluding hydrogens is 248 g/mol. The third kappa shape index (κ3) is 1.99. The number of nitrogens with two attached hydrogens (primary N) is 1. The summed E-state index contributed by atoms with van der Waals surface area (Å²) in [5.41, 5.74) is 6.39. The molecule has 3 rings (SSSR count). The number of hydrogen-bond donors (Lipinski definition) is 1. The highest BCUT2D eigenvalue weighted by Gasteiger charge is 2.11. The maximum absolute atomic E-state index is 13.7. The van der Waals surface area contributed by atoms with Crippen LogP contribution >= 0.6 is 0 Å². The Kier molecular flexibility index (Phi) is 2.59. The van der Waals surface area contributed by atoms with Crippen molar-refractivity contribution >= 4 is 16.7 Å². The van der Waals surface area contributed by atoms with Gasteiger partial charge in [-0.2, -0.15) is 0 Å². The van der Waals surface area contributed by atoms with Crippen LogP contribution in [0.3, 0.4) is 0 Å². The molecule has 0 radical (unpaired) electrons. The highest BCUT2D eigenvalue weighted by atomic mass is 19.1. The van der Waals surface area contributed by atoms with E-state index in [-0.39, 0.29) is 17.2 Å². The molecule has 94 valence electrons. The van der Waals surface area contributed by atoms with E-state index in [1.807, 2.05) is 0 Å². The van der Waals surface area contributed by atoms with Crippen LogP contribution < -0.4 is 5.73 Å². The van der Waals surface area contributed by atoms with Gasteiger partial charge in [-0.3, -0.25) is 0 Å². The Morgan fingerprint density at radius 2 is 1.74 bits per heavy atom. The lowest BCUT2D eigenvalue weighted by Crippen LogP contribution is -1.99. The van der Waals surface area contributed by atoms with Gasteiger partial charge >= 0.3 is 0 Å². The number of benzene rings is 2. The van der Waals surface area contributed by atoms with Crippen molar-refractivity contribution in [3.05, 3.63) is 54.1 Å². The fraction of sp³-hybridized carbons (Fsp3) is 0. The number of halogens is 2. The Bertz CT molecular complexity index is 772. The Morgan fingerprint density at radius 1 is 0.947 bits per heavy atom. The summed E-state index contributed by atoms with van der Waals surface area (Å²) in [5.74, 6) is -0.528. The zero-order valence-electron chi connectivity index (χ0n) is 9.77. The minimum Gasteiger partial charge on any atom is -0.383 e. The monoisotopic (exact) mass is 257 g/mol. The van der Waals surface area contributed by atoms with Gasteiger partial charge in [0.25, 0.3) is 0 Å². The van der Waals surface area contributed by atoms with E-state index < -0.39 is 11.6 Å². The summed E-state index contributed by atoms with van der Waals surface area (Å²) >= 11 is 0. The Labute approximate surface area is 107 Å². The van der Waals surface area contributed by atoms with E-state index in [0.29, 0.717) is 10.9 Å². The highest BCUT2D eigenvalue weighted by molar-refractivity contribution is 5.89. The molecule has 0 aliphatic carbocycles. The van der Waals surface area contributed by atoms with Gasteiger partial charge < -0.3 is 5.73 Å². The molecule has 0 saturated carbocycles. The molecule has 0 saturated heterocycles. The van der Waals surface area contributed by atoms with Gasteiger partial charge in [0.15, 0.2) is 5.82 Å². The van der Waals surface area contributed by atoms with E-state index in [1.165, 1.54) is 24.3 Å². The molecule has 3 aromatic rings. The summed E-state index contributed by atoms with van der Waals surface area (Å²) in [7, 11) is 0. The molecule has 1 aromatic heterocycles. The molecule has 0 amide bonds. The van der Waals surface area contributed by atoms with Crippen LogP contribution in [0.2, 0.25) is 0 Å². The first kappa shape index (κ1) is 11.5. The molecule has 0 aliphatic heterocycles. The van der Waals surface area contributed by atoms with Gasteiger partial charge in [-0.15, -0.1) is 0 Å². The molecule has 2 aromatic carbocycles. The topological polar surface area (TPSA) is 51.8 Å². The second-order valence-electron chi connectivity index (χ2n) is 4.07. The summed E-state index contributed by atoms with van der Waals surface area (Å²) in [6.07, 6.45) is 0. The Hall–Kier alpha value is -2.56. The highest BCUT2D eigenvalue weighted by Crippen LogP contribution is 2.25. The van der Waals surface area contributed by atoms with Gasteiger partial charge in [0, 0.05) is 11.5 Å². The quantitative estimate of drug-likeness (QED) is 0.728. The molecular formula is C14H9F2N3. The molecule has 0 fully saturated rings. The molecule has 0 atom stereocenters. The second-order valence-corrected chi connectivity index (χ2v) is 4.07. The van der Waals surface area contributed by atoms with Crippen molar-refractivity contribution in [2.45, 2.75) is 0 Å². The summed E-state index contributed by atoms with van der Waals surface area (Å²) < 4.78 is 26.9. The van der Waals surface area contributed by atoms with E-state index in [2.05, 4.69) is 9.97 Å². The molecule has 0 unspecified atom stereocenters. The van der Waals surface area contributed by atoms with Gasteiger partial charge in [-0.1, -0.05) is 12.1 Å². The molecule has 2 N–H and O–H groups in total. The van der Waals surface area contributed by atoms with E-state index >= 15 is 0 Å². The average molecular weight is 257 g/mol. The predicted molar refractivity (Wildman–Crippen MR) is 69.3 cm³/mol. The average Bonchev–Trinajstić information content (AvgIpc) is 2.38. The lowest BCUT2D eigenvalue weighted by Gasteiger charge is -2.06. The lowest BCUT2D eigenvalue weighted by atomic mass is 10.1. The third-order valence-electron chi connectivity index (χ3n) is 2.80. The number of hydrogen-bond acceptors (Lipinski definition) is 3. The van der Waals surface area contributed by atoms with Crippen molar-refractivity contribution < 1.29 is 8.78 Å². The van der Waals surface area contributed by atoms with Crippen LogP contribution in [-0.4, -0.2) is 9.97 Å². The smallest absolute Gasteiger partial charge is 0.165 e. The summed E-state index contributed by atoms with van der Waals surface area (Å²) in [6.45, 7) is 0. The molecule has 3 nitrogen and oxygen atoms in total. The third-order valence-corrected chi connectivity index (χ3v) is 2.80. The largest absolute Gasteiger partial charge is 0.383 e. The van der Waals surface area contributed by atoms with Crippen LogP contribution in [-0.2, 0) is 0 Å². The first-order valence-corrected chi connectivity index (χ1v) is 5.63. The minimum atomic E-state index is -0.447. The molecule has 0 spiro atoms. The molecule has 0 bridgehead atoms. The van der Waals surface area contributed by atoms with E-state index in [1.54, 1.807) is 18.2 Å². The van der Waals surface area contributed by atoms with Gasteiger partial charge in [-0.25, -0.2) is 18.7 Å². The number of nitrogen functional groups attached to an aromatic ring is 1. The van der Waals surface area contributed by atoms with Crippen LogP contribution in [0.25, 0.3) is 22.3 Å². The van der Waals surface area contributed by atoms with Crippen molar-refractivity contribution in [2.75, 3.05) is 5.73 Å². The van der Waals surface area contributed by atoms with E-state index in [9.17, 15) is 8.78 Å². The summed E-state index contributed by atoms with van der Waals surface area (Å²) in [5, 5.41) is 0.543. The second kappa shape index (κ2) is 4.28. The zero-order valence-corrected chi connectivity index (χ0v) is 9.77. The first-order valence-electron chi connectivity index (χ1n) is 5.63. The minimum absolute atomic E-state index is 0.147. The van der Waals surface area contributed by atoms with Crippen LogP contribution in [0.5, 0.6) is 0 Å². The van der Waals surface area contributed by atoms with Crippen molar-refractivity contribution in [3.63, 3.8) is 0 Å².